The van der Waals surface area contributed by atoms with Crippen molar-refractivity contribution in [1.82, 2.24) is 0 Å². The molecule has 2 aromatic rings. The molecule has 0 fully saturated rings. The van der Waals surface area contributed by atoms with Crippen LogP contribution in [0.5, 0.6) is 0 Å². The van der Waals surface area contributed by atoms with Gasteiger partial charge in [0.1, 0.15) is 0 Å². The number of allylic oxidation sites excluding steroid dienone is 1. The smallest absolute Gasteiger partial charge is 0.302 e. The molecule has 0 saturated heterocycles. The SMILES string of the molecule is C1=Cc2cccc3cccc(c23)C1.CCOC(C)=O. The summed E-state index contributed by atoms with van der Waals surface area (Å²) in [7, 11) is 0. The summed E-state index contributed by atoms with van der Waals surface area (Å²) in [6.45, 7) is 3.65. The first-order chi connectivity index (χ1) is 9.22. The Morgan fingerprint density at radius 1 is 1.21 bits per heavy atom. The summed E-state index contributed by atoms with van der Waals surface area (Å²) in [5, 5.41) is 2.80. The summed E-state index contributed by atoms with van der Waals surface area (Å²) < 4.78 is 4.40. The largest absolute Gasteiger partial charge is 0.466 e. The molecule has 2 heteroatoms. The predicted octanol–water partition coefficient (Wildman–Crippen LogP) is 3.98. The third kappa shape index (κ3) is 3.22. The highest BCUT2D eigenvalue weighted by molar-refractivity contribution is 5.94. The molecule has 0 radical (unpaired) electrons. The number of hydrogen-bond donors (Lipinski definition) is 0. The summed E-state index contributed by atoms with van der Waals surface area (Å²) in [4.78, 5) is 9.82. The van der Waals surface area contributed by atoms with E-state index in [0.717, 1.165) is 6.42 Å². The van der Waals surface area contributed by atoms with E-state index in [4.69, 9.17) is 0 Å². The topological polar surface area (TPSA) is 26.3 Å². The molecule has 3 rings (SSSR count). The summed E-state index contributed by atoms with van der Waals surface area (Å²) in [6, 6.07) is 13.0. The summed E-state index contributed by atoms with van der Waals surface area (Å²) in [5.41, 5.74) is 2.81. The van der Waals surface area contributed by atoms with E-state index in [0.29, 0.717) is 6.61 Å². The molecule has 0 aromatic heterocycles. The van der Waals surface area contributed by atoms with Gasteiger partial charge in [0.05, 0.1) is 6.61 Å². The molecule has 98 valence electrons. The van der Waals surface area contributed by atoms with Gasteiger partial charge in [-0.05, 0) is 35.2 Å². The number of hydrogen-bond acceptors (Lipinski definition) is 2. The summed E-state index contributed by atoms with van der Waals surface area (Å²) in [6.07, 6.45) is 5.53. The van der Waals surface area contributed by atoms with Crippen LogP contribution in [0, 0.1) is 0 Å². The van der Waals surface area contributed by atoms with Crippen molar-refractivity contribution in [3.63, 3.8) is 0 Å². The van der Waals surface area contributed by atoms with Crippen LogP contribution in [0.1, 0.15) is 25.0 Å². The molecule has 2 nitrogen and oxygen atoms in total. The fourth-order valence-electron chi connectivity index (χ4n) is 2.27. The molecule has 0 bridgehead atoms. The van der Waals surface area contributed by atoms with E-state index in [1.54, 1.807) is 6.92 Å². The molecule has 0 N–H and O–H groups in total. The van der Waals surface area contributed by atoms with Crippen LogP contribution < -0.4 is 0 Å². The number of rotatable bonds is 1. The Balaban J connectivity index is 0.000000192. The zero-order valence-electron chi connectivity index (χ0n) is 11.3. The van der Waals surface area contributed by atoms with Crippen LogP contribution in [-0.4, -0.2) is 12.6 Å². The second kappa shape index (κ2) is 6.19. The molecule has 0 unspecified atom stereocenters. The third-order valence-electron chi connectivity index (χ3n) is 3.01. The molecule has 0 atom stereocenters. The monoisotopic (exact) mass is 254 g/mol. The Kier molecular flexibility index (Phi) is 4.35. The van der Waals surface area contributed by atoms with Crippen molar-refractivity contribution in [2.75, 3.05) is 6.61 Å². The van der Waals surface area contributed by atoms with E-state index in [2.05, 4.69) is 53.3 Å². The fraction of sp³-hybridized carbons (Fsp3) is 0.235. The maximum Gasteiger partial charge on any atom is 0.302 e. The number of carbonyl (C=O) groups excluding carboxylic acids is 1. The van der Waals surface area contributed by atoms with Crippen LogP contribution in [-0.2, 0) is 16.0 Å². The molecule has 0 saturated carbocycles. The highest BCUT2D eigenvalue weighted by atomic mass is 16.5. The van der Waals surface area contributed by atoms with Gasteiger partial charge in [-0.15, -0.1) is 0 Å². The van der Waals surface area contributed by atoms with Gasteiger partial charge in [0.25, 0.3) is 0 Å². The lowest BCUT2D eigenvalue weighted by molar-refractivity contribution is -0.140. The molecule has 0 aliphatic heterocycles. The molecule has 1 aliphatic rings. The van der Waals surface area contributed by atoms with E-state index >= 15 is 0 Å². The Morgan fingerprint density at radius 2 is 1.95 bits per heavy atom. The minimum atomic E-state index is -0.211. The van der Waals surface area contributed by atoms with E-state index in [-0.39, 0.29) is 5.97 Å². The molecule has 19 heavy (non-hydrogen) atoms. The summed E-state index contributed by atoms with van der Waals surface area (Å²) >= 11 is 0. The van der Waals surface area contributed by atoms with Gasteiger partial charge in [0.2, 0.25) is 0 Å². The molecular formula is C17H18O2. The first-order valence-electron chi connectivity index (χ1n) is 6.53. The van der Waals surface area contributed by atoms with Crippen molar-refractivity contribution < 1.29 is 9.53 Å². The average molecular weight is 254 g/mol. The maximum absolute atomic E-state index is 9.82. The van der Waals surface area contributed by atoms with Crippen molar-refractivity contribution in [3.05, 3.63) is 53.6 Å². The predicted molar refractivity (Wildman–Crippen MR) is 79.0 cm³/mol. The minimum absolute atomic E-state index is 0.211. The zero-order valence-corrected chi connectivity index (χ0v) is 11.3. The fourth-order valence-corrected chi connectivity index (χ4v) is 2.27. The van der Waals surface area contributed by atoms with E-state index in [1.165, 1.54) is 28.8 Å². The second-order valence-electron chi connectivity index (χ2n) is 4.39. The van der Waals surface area contributed by atoms with Crippen LogP contribution in [0.3, 0.4) is 0 Å². The molecule has 0 spiro atoms. The van der Waals surface area contributed by atoms with Crippen molar-refractivity contribution in [1.29, 1.82) is 0 Å². The minimum Gasteiger partial charge on any atom is -0.466 e. The van der Waals surface area contributed by atoms with E-state index in [9.17, 15) is 4.79 Å². The number of benzene rings is 2. The number of ether oxygens (including phenoxy) is 1. The zero-order chi connectivity index (χ0) is 13.7. The van der Waals surface area contributed by atoms with Crippen LogP contribution in [0.25, 0.3) is 16.8 Å². The molecular weight excluding hydrogens is 236 g/mol. The van der Waals surface area contributed by atoms with E-state index in [1.807, 2.05) is 0 Å². The second-order valence-corrected chi connectivity index (χ2v) is 4.39. The Labute approximate surface area is 113 Å². The summed E-state index contributed by atoms with van der Waals surface area (Å²) in [5.74, 6) is -0.211. The molecule has 0 heterocycles. The standard InChI is InChI=1S/C13H10.C4H8O2/c1-4-10-6-2-8-12-9-3-7-11(5-1)13(10)12;1-3-6-4(2)5/h1-8H,9H2;3H2,1-2H3. The Morgan fingerprint density at radius 3 is 2.58 bits per heavy atom. The van der Waals surface area contributed by atoms with Crippen molar-refractivity contribution in [2.24, 2.45) is 0 Å². The lowest BCUT2D eigenvalue weighted by Crippen LogP contribution is -1.95. The van der Waals surface area contributed by atoms with Gasteiger partial charge < -0.3 is 4.74 Å². The molecule has 2 aromatic carbocycles. The van der Waals surface area contributed by atoms with Gasteiger partial charge in [-0.2, -0.15) is 0 Å². The van der Waals surface area contributed by atoms with Gasteiger partial charge >= 0.3 is 5.97 Å². The van der Waals surface area contributed by atoms with Gasteiger partial charge in [0.15, 0.2) is 0 Å². The van der Waals surface area contributed by atoms with Gasteiger partial charge in [-0.1, -0.05) is 48.6 Å². The maximum atomic E-state index is 9.82. The highest BCUT2D eigenvalue weighted by Gasteiger charge is 2.06. The van der Waals surface area contributed by atoms with Crippen LogP contribution in [0.4, 0.5) is 0 Å². The van der Waals surface area contributed by atoms with Gasteiger partial charge in [0, 0.05) is 6.92 Å². The average Bonchev–Trinajstić information content (AvgIpc) is 2.40. The first-order valence-corrected chi connectivity index (χ1v) is 6.53. The van der Waals surface area contributed by atoms with Gasteiger partial charge in [-0.25, -0.2) is 0 Å². The Hall–Kier alpha value is -2.09. The van der Waals surface area contributed by atoms with Gasteiger partial charge in [-0.3, -0.25) is 4.79 Å². The van der Waals surface area contributed by atoms with E-state index < -0.39 is 0 Å². The quantitative estimate of drug-likeness (QED) is 0.719. The lowest BCUT2D eigenvalue weighted by Gasteiger charge is -2.11. The third-order valence-corrected chi connectivity index (χ3v) is 3.01. The number of carbonyl (C=O) groups is 1. The van der Waals surface area contributed by atoms with Crippen LogP contribution in [0.15, 0.2) is 42.5 Å². The van der Waals surface area contributed by atoms with Crippen molar-refractivity contribution in [2.45, 2.75) is 20.3 Å². The first kappa shape index (κ1) is 13.3. The normalized spacial score (nSPS) is 11.7. The number of esters is 1. The lowest BCUT2D eigenvalue weighted by atomic mass is 9.93. The highest BCUT2D eigenvalue weighted by Crippen LogP contribution is 2.27. The van der Waals surface area contributed by atoms with Crippen molar-refractivity contribution in [3.8, 4) is 0 Å². The van der Waals surface area contributed by atoms with Crippen molar-refractivity contribution >= 4 is 22.8 Å². The molecule has 0 amide bonds. The van der Waals surface area contributed by atoms with Crippen LogP contribution in [0.2, 0.25) is 0 Å². The Bertz CT molecular complexity index is 606. The molecule has 1 aliphatic carbocycles. The van der Waals surface area contributed by atoms with Crippen LogP contribution >= 0.6 is 0 Å².